The minimum absolute atomic E-state index is 0.113. The highest BCUT2D eigenvalue weighted by Gasteiger charge is 2.20. The van der Waals surface area contributed by atoms with Crippen molar-refractivity contribution in [3.63, 3.8) is 0 Å². The van der Waals surface area contributed by atoms with Gasteiger partial charge in [0.25, 0.3) is 5.56 Å². The molecule has 0 spiro atoms. The molecule has 0 saturated heterocycles. The van der Waals surface area contributed by atoms with Gasteiger partial charge in [-0.25, -0.2) is 4.79 Å². The molecule has 0 fully saturated rings. The van der Waals surface area contributed by atoms with Gasteiger partial charge in [-0.2, -0.15) is 0 Å². The zero-order chi connectivity index (χ0) is 16.3. The number of carboxylic acid groups (broad SMARTS) is 1. The van der Waals surface area contributed by atoms with Gasteiger partial charge in [0.05, 0.1) is 11.6 Å². The van der Waals surface area contributed by atoms with Crippen molar-refractivity contribution in [1.82, 2.24) is 4.57 Å². The molecule has 0 aliphatic carbocycles. The average molecular weight is 320 g/mol. The molecule has 1 aromatic heterocycles. The van der Waals surface area contributed by atoms with Crippen LogP contribution in [0.5, 0.6) is 0 Å². The Kier molecular flexibility index (Phi) is 4.78. The van der Waals surface area contributed by atoms with Gasteiger partial charge in [0.15, 0.2) is 5.78 Å². The molecule has 0 aliphatic rings. The predicted molar refractivity (Wildman–Crippen MR) is 82.8 cm³/mol. The minimum atomic E-state index is -1.40. The number of ketones is 1. The lowest BCUT2D eigenvalue weighted by atomic mass is 10.1. The molecule has 22 heavy (non-hydrogen) atoms. The van der Waals surface area contributed by atoms with Gasteiger partial charge in [0.2, 0.25) is 0 Å². The molecule has 2 rings (SSSR count). The first-order valence-corrected chi connectivity index (χ1v) is 7.07. The van der Waals surface area contributed by atoms with Crippen molar-refractivity contribution in [2.75, 3.05) is 0 Å². The average Bonchev–Trinajstić information content (AvgIpc) is 2.50. The summed E-state index contributed by atoms with van der Waals surface area (Å²) in [4.78, 5) is 35.8. The van der Waals surface area contributed by atoms with Gasteiger partial charge in [0.1, 0.15) is 5.56 Å². The Labute approximate surface area is 131 Å². The summed E-state index contributed by atoms with van der Waals surface area (Å²) < 4.78 is 1.17. The molecule has 0 aliphatic heterocycles. The van der Waals surface area contributed by atoms with Crippen molar-refractivity contribution >= 4 is 23.4 Å². The predicted octanol–water partition coefficient (Wildman–Crippen LogP) is 2.65. The molecule has 1 heterocycles. The number of carboxylic acids is 1. The summed E-state index contributed by atoms with van der Waals surface area (Å²) in [6.45, 7) is 1.58. The fourth-order valence-corrected chi connectivity index (χ4v) is 2.47. The van der Waals surface area contributed by atoms with Crippen LogP contribution < -0.4 is 5.56 Å². The number of carbonyl (C=O) groups excluding carboxylic acids is 1. The maximum absolute atomic E-state index is 12.3. The van der Waals surface area contributed by atoms with Crippen molar-refractivity contribution in [1.29, 1.82) is 0 Å². The van der Waals surface area contributed by atoms with E-state index in [1.165, 1.54) is 10.6 Å². The SMILES string of the molecule is CCc1cc(Cl)c(C(=O)O)c(=O)n1CC(=O)c1ccccc1. The standard InChI is InChI=1S/C16H14ClNO4/c1-2-11-8-12(17)14(16(21)22)15(20)18(11)9-13(19)10-6-4-3-5-7-10/h3-8H,2,9H2,1H3,(H,21,22). The van der Waals surface area contributed by atoms with E-state index in [1.54, 1.807) is 37.3 Å². The second-order valence-corrected chi connectivity index (χ2v) is 5.11. The highest BCUT2D eigenvalue weighted by atomic mass is 35.5. The topological polar surface area (TPSA) is 76.4 Å². The van der Waals surface area contributed by atoms with Gasteiger partial charge in [-0.05, 0) is 12.5 Å². The fourth-order valence-electron chi connectivity index (χ4n) is 2.18. The summed E-state index contributed by atoms with van der Waals surface area (Å²) in [5.41, 5.74) is -0.298. The molecule has 6 heteroatoms. The summed E-state index contributed by atoms with van der Waals surface area (Å²) in [5.74, 6) is -1.67. The Morgan fingerprint density at radius 1 is 1.23 bits per heavy atom. The number of rotatable bonds is 5. The number of hydrogen-bond acceptors (Lipinski definition) is 3. The van der Waals surface area contributed by atoms with Gasteiger partial charge in [-0.15, -0.1) is 0 Å². The third kappa shape index (κ3) is 3.09. The first kappa shape index (κ1) is 16.0. The summed E-state index contributed by atoms with van der Waals surface area (Å²) in [7, 11) is 0. The second kappa shape index (κ2) is 6.58. The van der Waals surface area contributed by atoms with Gasteiger partial charge in [-0.3, -0.25) is 9.59 Å². The molecule has 0 atom stereocenters. The summed E-state index contributed by atoms with van der Waals surface area (Å²) in [5, 5.41) is 8.99. The number of hydrogen-bond donors (Lipinski definition) is 1. The van der Waals surface area contributed by atoms with Crippen LogP contribution in [-0.2, 0) is 13.0 Å². The number of aromatic nitrogens is 1. The summed E-state index contributed by atoms with van der Waals surface area (Å²) in [6, 6.07) is 9.94. The number of Topliss-reactive ketones (excluding diaryl/α,β-unsaturated/α-hetero) is 1. The summed E-state index contributed by atoms with van der Waals surface area (Å²) >= 11 is 5.85. The molecule has 2 aromatic rings. The Morgan fingerprint density at radius 3 is 2.41 bits per heavy atom. The second-order valence-electron chi connectivity index (χ2n) is 4.70. The number of aromatic carboxylic acids is 1. The van der Waals surface area contributed by atoms with E-state index in [2.05, 4.69) is 0 Å². The minimum Gasteiger partial charge on any atom is -0.477 e. The molecule has 0 bridgehead atoms. The molecule has 5 nitrogen and oxygen atoms in total. The van der Waals surface area contributed by atoms with E-state index in [4.69, 9.17) is 16.7 Å². The third-order valence-electron chi connectivity index (χ3n) is 3.31. The van der Waals surface area contributed by atoms with Crippen molar-refractivity contribution < 1.29 is 14.7 Å². The zero-order valence-corrected chi connectivity index (χ0v) is 12.6. The van der Waals surface area contributed by atoms with Gasteiger partial charge >= 0.3 is 5.97 Å². The van der Waals surface area contributed by atoms with E-state index in [0.29, 0.717) is 17.7 Å². The quantitative estimate of drug-likeness (QED) is 0.860. The number of nitrogens with zero attached hydrogens (tertiary/aromatic N) is 1. The first-order valence-electron chi connectivity index (χ1n) is 6.69. The monoisotopic (exact) mass is 319 g/mol. The molecule has 0 radical (unpaired) electrons. The van der Waals surface area contributed by atoms with E-state index in [1.807, 2.05) is 0 Å². The summed E-state index contributed by atoms with van der Waals surface area (Å²) in [6.07, 6.45) is 0.455. The van der Waals surface area contributed by atoms with E-state index < -0.39 is 17.1 Å². The lowest BCUT2D eigenvalue weighted by Gasteiger charge is -2.13. The molecule has 0 saturated carbocycles. The van der Waals surface area contributed by atoms with Gasteiger partial charge in [-0.1, -0.05) is 48.9 Å². The van der Waals surface area contributed by atoms with Crippen molar-refractivity contribution in [3.8, 4) is 0 Å². The molecule has 0 unspecified atom stereocenters. The van der Waals surface area contributed by atoms with Crippen LogP contribution in [0.25, 0.3) is 0 Å². The zero-order valence-electron chi connectivity index (χ0n) is 11.9. The molecule has 0 amide bonds. The molecule has 1 aromatic carbocycles. The van der Waals surface area contributed by atoms with Crippen molar-refractivity contribution in [3.05, 3.63) is 68.6 Å². The third-order valence-corrected chi connectivity index (χ3v) is 3.61. The van der Waals surface area contributed by atoms with E-state index in [9.17, 15) is 14.4 Å². The normalized spacial score (nSPS) is 10.5. The highest BCUT2D eigenvalue weighted by Crippen LogP contribution is 2.15. The Hall–Kier alpha value is -2.40. The number of halogens is 1. The smallest absolute Gasteiger partial charge is 0.342 e. The van der Waals surface area contributed by atoms with E-state index in [0.717, 1.165) is 0 Å². The maximum atomic E-state index is 12.3. The molecular formula is C16H14ClNO4. The Balaban J connectivity index is 2.51. The fraction of sp³-hybridized carbons (Fsp3) is 0.188. The van der Waals surface area contributed by atoms with Crippen LogP contribution in [0.3, 0.4) is 0 Å². The van der Waals surface area contributed by atoms with E-state index in [-0.39, 0.29) is 17.4 Å². The van der Waals surface area contributed by atoms with Crippen LogP contribution in [0.15, 0.2) is 41.2 Å². The van der Waals surface area contributed by atoms with Crippen LogP contribution in [-0.4, -0.2) is 21.4 Å². The molecule has 114 valence electrons. The first-order chi connectivity index (χ1) is 10.5. The Bertz CT molecular complexity index is 781. The largest absolute Gasteiger partial charge is 0.477 e. The van der Waals surface area contributed by atoms with Crippen molar-refractivity contribution in [2.24, 2.45) is 0 Å². The van der Waals surface area contributed by atoms with Crippen LogP contribution in [0.4, 0.5) is 0 Å². The lowest BCUT2D eigenvalue weighted by Crippen LogP contribution is -2.31. The number of benzene rings is 1. The Morgan fingerprint density at radius 2 is 1.86 bits per heavy atom. The van der Waals surface area contributed by atoms with Crippen LogP contribution >= 0.6 is 11.6 Å². The maximum Gasteiger partial charge on any atom is 0.342 e. The number of pyridine rings is 1. The van der Waals surface area contributed by atoms with Crippen LogP contribution in [0.2, 0.25) is 5.02 Å². The molecule has 1 N–H and O–H groups in total. The number of carbonyl (C=O) groups is 2. The van der Waals surface area contributed by atoms with Crippen molar-refractivity contribution in [2.45, 2.75) is 19.9 Å². The lowest BCUT2D eigenvalue weighted by molar-refractivity contribution is 0.0693. The van der Waals surface area contributed by atoms with Gasteiger partial charge in [0, 0.05) is 11.3 Å². The van der Waals surface area contributed by atoms with Gasteiger partial charge < -0.3 is 9.67 Å². The number of aryl methyl sites for hydroxylation is 1. The molecular weight excluding hydrogens is 306 g/mol. The van der Waals surface area contributed by atoms with Crippen LogP contribution in [0.1, 0.15) is 33.3 Å². The highest BCUT2D eigenvalue weighted by molar-refractivity contribution is 6.33. The van der Waals surface area contributed by atoms with Crippen LogP contribution in [0, 0.1) is 0 Å². The van der Waals surface area contributed by atoms with E-state index >= 15 is 0 Å².